The van der Waals surface area contributed by atoms with Gasteiger partial charge in [0.25, 0.3) is 5.69 Å². The molecule has 5 aromatic rings. The summed E-state index contributed by atoms with van der Waals surface area (Å²) in [6, 6.07) is 36.1. The summed E-state index contributed by atoms with van der Waals surface area (Å²) in [5, 5.41) is 11.4. The summed E-state index contributed by atoms with van der Waals surface area (Å²) >= 11 is 0. The van der Waals surface area contributed by atoms with Crippen molar-refractivity contribution in [1.29, 1.82) is 0 Å². The molecule has 0 N–H and O–H groups in total. The van der Waals surface area contributed by atoms with Crippen LogP contribution < -0.4 is 9.64 Å². The lowest BCUT2D eigenvalue weighted by Crippen LogP contribution is -2.37. The summed E-state index contributed by atoms with van der Waals surface area (Å²) in [6.45, 7) is 1.62. The van der Waals surface area contributed by atoms with Gasteiger partial charge in [-0.1, -0.05) is 91.0 Å². The number of nitrogens with zero attached hydrogens (tertiary/aromatic N) is 4. The number of nitro benzene ring substituents is 1. The minimum absolute atomic E-state index is 0.0426. The first-order valence-corrected chi connectivity index (χ1v) is 12.5. The van der Waals surface area contributed by atoms with Crippen molar-refractivity contribution in [3.05, 3.63) is 154 Å². The number of nitro groups is 1. The van der Waals surface area contributed by atoms with E-state index in [1.165, 1.54) is 6.07 Å². The summed E-state index contributed by atoms with van der Waals surface area (Å²) in [4.78, 5) is 17.9. The summed E-state index contributed by atoms with van der Waals surface area (Å²) < 4.78 is 7.95. The third kappa shape index (κ3) is 4.08. The molecule has 0 fully saturated rings. The number of ether oxygens (including phenoxy) is 1. The van der Waals surface area contributed by atoms with Crippen LogP contribution in [0.25, 0.3) is 0 Å². The van der Waals surface area contributed by atoms with Gasteiger partial charge in [0, 0.05) is 18.3 Å². The molecule has 0 saturated carbocycles. The molecule has 0 atom stereocenters. The third-order valence-electron chi connectivity index (χ3n) is 7.06. The smallest absolute Gasteiger partial charge is 0.271 e. The molecule has 0 radical (unpaired) electrons. The molecule has 38 heavy (non-hydrogen) atoms. The fourth-order valence-corrected chi connectivity index (χ4v) is 5.35. The first-order chi connectivity index (χ1) is 18.7. The van der Waals surface area contributed by atoms with Gasteiger partial charge in [0.05, 0.1) is 35.7 Å². The van der Waals surface area contributed by atoms with Crippen molar-refractivity contribution in [3.8, 4) is 5.75 Å². The lowest BCUT2D eigenvalue weighted by molar-refractivity contribution is -0.384. The molecule has 0 saturated heterocycles. The van der Waals surface area contributed by atoms with Gasteiger partial charge >= 0.3 is 0 Å². The van der Waals surface area contributed by atoms with Gasteiger partial charge < -0.3 is 14.2 Å². The van der Waals surface area contributed by atoms with Gasteiger partial charge in [-0.3, -0.25) is 10.1 Å². The molecular weight excluding hydrogens is 476 g/mol. The Morgan fingerprint density at radius 1 is 0.842 bits per heavy atom. The zero-order valence-electron chi connectivity index (χ0n) is 20.7. The van der Waals surface area contributed by atoms with E-state index in [4.69, 9.17) is 9.72 Å². The van der Waals surface area contributed by atoms with Crippen molar-refractivity contribution < 1.29 is 9.66 Å². The lowest BCUT2D eigenvalue weighted by Gasteiger charge is -2.37. The molecule has 1 aromatic heterocycles. The van der Waals surface area contributed by atoms with Crippen LogP contribution in [0, 0.1) is 10.1 Å². The van der Waals surface area contributed by atoms with Crippen LogP contribution in [0.1, 0.15) is 22.4 Å². The van der Waals surface area contributed by atoms with Crippen LogP contribution in [0.3, 0.4) is 0 Å². The van der Waals surface area contributed by atoms with E-state index in [-0.39, 0.29) is 10.6 Å². The maximum absolute atomic E-state index is 11.4. The van der Waals surface area contributed by atoms with E-state index >= 15 is 0 Å². The molecule has 1 aliphatic rings. The Morgan fingerprint density at radius 2 is 1.42 bits per heavy atom. The minimum atomic E-state index is -0.642. The molecular formula is C31H26N4O3. The van der Waals surface area contributed by atoms with Crippen LogP contribution in [-0.2, 0) is 12.1 Å². The zero-order chi connectivity index (χ0) is 26.0. The molecule has 7 heteroatoms. The number of rotatable bonds is 7. The standard InChI is InChI=1S/C31H26N4O3/c36-35(37)28-16-17-30-29(20-28)33(18-19-38-30)21-27-22-34(23-32-27)31(24-10-4-1-5-11-24,25-12-6-2-7-13-25)26-14-8-3-9-15-26/h1-17,20,22-23H,18-19,21H2. The highest BCUT2D eigenvalue weighted by Gasteiger charge is 2.38. The van der Waals surface area contributed by atoms with Crippen LogP contribution in [0.2, 0.25) is 0 Å². The Bertz CT molecular complexity index is 1460. The van der Waals surface area contributed by atoms with Crippen molar-refractivity contribution >= 4 is 11.4 Å². The molecule has 188 valence electrons. The molecule has 0 amide bonds. The first-order valence-electron chi connectivity index (χ1n) is 12.5. The largest absolute Gasteiger partial charge is 0.490 e. The van der Waals surface area contributed by atoms with Crippen molar-refractivity contribution in [2.24, 2.45) is 0 Å². The summed E-state index contributed by atoms with van der Waals surface area (Å²) in [7, 11) is 0. The molecule has 0 aliphatic carbocycles. The van der Waals surface area contributed by atoms with E-state index in [1.54, 1.807) is 12.1 Å². The molecule has 0 bridgehead atoms. The fourth-order valence-electron chi connectivity index (χ4n) is 5.35. The Kier molecular flexibility index (Phi) is 6.09. The second kappa shape index (κ2) is 9.86. The maximum atomic E-state index is 11.4. The van der Waals surface area contributed by atoms with E-state index in [9.17, 15) is 10.1 Å². The van der Waals surface area contributed by atoms with Gasteiger partial charge in [0.2, 0.25) is 0 Å². The summed E-state index contributed by atoms with van der Waals surface area (Å²) in [5.41, 5.74) is 4.32. The van der Waals surface area contributed by atoms with Crippen molar-refractivity contribution in [2.45, 2.75) is 12.1 Å². The van der Waals surface area contributed by atoms with E-state index in [2.05, 4.69) is 88.5 Å². The summed E-state index contributed by atoms with van der Waals surface area (Å²) in [6.07, 6.45) is 3.97. The Labute approximate surface area is 220 Å². The van der Waals surface area contributed by atoms with Gasteiger partial charge in [-0.2, -0.15) is 0 Å². The Morgan fingerprint density at radius 3 is 1.97 bits per heavy atom. The van der Waals surface area contributed by atoms with E-state index in [0.717, 1.165) is 22.4 Å². The number of benzene rings is 4. The average molecular weight is 503 g/mol. The van der Waals surface area contributed by atoms with Gasteiger partial charge in [0.1, 0.15) is 17.9 Å². The highest BCUT2D eigenvalue weighted by atomic mass is 16.6. The average Bonchev–Trinajstić information content (AvgIpc) is 3.44. The van der Waals surface area contributed by atoms with Crippen LogP contribution in [0.5, 0.6) is 5.75 Å². The summed E-state index contributed by atoms with van der Waals surface area (Å²) in [5.74, 6) is 0.647. The van der Waals surface area contributed by atoms with Crippen molar-refractivity contribution in [2.75, 3.05) is 18.1 Å². The topological polar surface area (TPSA) is 73.4 Å². The van der Waals surface area contributed by atoms with Crippen LogP contribution in [-0.4, -0.2) is 27.6 Å². The fraction of sp³-hybridized carbons (Fsp3) is 0.129. The van der Waals surface area contributed by atoms with E-state index in [0.29, 0.717) is 31.1 Å². The second-order valence-electron chi connectivity index (χ2n) is 9.26. The van der Waals surface area contributed by atoms with Crippen molar-refractivity contribution in [3.63, 3.8) is 0 Å². The minimum Gasteiger partial charge on any atom is -0.490 e. The van der Waals surface area contributed by atoms with Crippen molar-refractivity contribution in [1.82, 2.24) is 9.55 Å². The van der Waals surface area contributed by atoms with Crippen LogP contribution in [0.15, 0.2) is 122 Å². The predicted molar refractivity (Wildman–Crippen MR) is 146 cm³/mol. The SMILES string of the molecule is O=[N+]([O-])c1ccc2c(c1)N(Cc1cn(C(c3ccccc3)(c3ccccc3)c3ccccc3)cn1)CCO2. The number of fused-ring (bicyclic) bond motifs is 1. The number of anilines is 1. The van der Waals surface area contributed by atoms with Gasteiger partial charge in [-0.15, -0.1) is 0 Å². The Hall–Kier alpha value is -4.91. The highest BCUT2D eigenvalue weighted by Crippen LogP contribution is 2.41. The number of non-ortho nitro benzene ring substituents is 1. The highest BCUT2D eigenvalue weighted by molar-refractivity contribution is 5.64. The third-order valence-corrected chi connectivity index (χ3v) is 7.06. The number of hydrogen-bond acceptors (Lipinski definition) is 5. The molecule has 1 aliphatic heterocycles. The quantitative estimate of drug-likeness (QED) is 0.154. The predicted octanol–water partition coefficient (Wildman–Crippen LogP) is 6.03. The molecule has 2 heterocycles. The maximum Gasteiger partial charge on any atom is 0.271 e. The number of hydrogen-bond donors (Lipinski definition) is 0. The molecule has 0 spiro atoms. The molecule has 7 nitrogen and oxygen atoms in total. The van der Waals surface area contributed by atoms with E-state index < -0.39 is 5.54 Å². The molecule has 4 aromatic carbocycles. The second-order valence-corrected chi connectivity index (χ2v) is 9.26. The van der Waals surface area contributed by atoms with Gasteiger partial charge in [-0.25, -0.2) is 4.98 Å². The van der Waals surface area contributed by atoms with E-state index in [1.807, 2.05) is 24.5 Å². The normalized spacial score (nSPS) is 13.0. The van der Waals surface area contributed by atoms with Gasteiger partial charge in [-0.05, 0) is 22.8 Å². The molecule has 0 unspecified atom stereocenters. The number of imidazole rings is 1. The first kappa shape index (κ1) is 23.5. The number of aromatic nitrogens is 2. The Balaban J connectivity index is 1.46. The monoisotopic (exact) mass is 502 g/mol. The zero-order valence-corrected chi connectivity index (χ0v) is 20.7. The lowest BCUT2D eigenvalue weighted by atomic mass is 9.77. The van der Waals surface area contributed by atoms with Gasteiger partial charge in [0.15, 0.2) is 0 Å². The van der Waals surface area contributed by atoms with Crippen LogP contribution in [0.4, 0.5) is 11.4 Å². The molecule has 6 rings (SSSR count). The van der Waals surface area contributed by atoms with Crippen LogP contribution >= 0.6 is 0 Å².